The Morgan fingerprint density at radius 2 is 1.83 bits per heavy atom. The number of hydrogen-bond acceptors (Lipinski definition) is 3. The zero-order valence-corrected chi connectivity index (χ0v) is 14.0. The van der Waals surface area contributed by atoms with Crippen LogP contribution in [-0.2, 0) is 11.3 Å². The quantitative estimate of drug-likeness (QED) is 0.906. The number of likely N-dealkylation sites (N-methyl/N-ethyl adjacent to an activating group) is 1. The van der Waals surface area contributed by atoms with E-state index < -0.39 is 0 Å². The number of carbonyl (C=O) groups is 2. The Morgan fingerprint density at radius 3 is 2.43 bits per heavy atom. The van der Waals surface area contributed by atoms with Gasteiger partial charge in [-0.1, -0.05) is 30.3 Å². The van der Waals surface area contributed by atoms with Crippen LogP contribution in [0.3, 0.4) is 0 Å². The molecule has 122 valence electrons. The van der Waals surface area contributed by atoms with Crippen molar-refractivity contribution in [3.05, 3.63) is 52.8 Å². The fraction of sp³-hybridized carbons (Fsp3) is 0.353. The Balaban J connectivity index is 2.14. The molecule has 0 atom stereocenters. The first-order valence-electron chi connectivity index (χ1n) is 7.46. The average molecular weight is 314 g/mol. The molecule has 6 nitrogen and oxygen atoms in total. The van der Waals surface area contributed by atoms with E-state index in [0.29, 0.717) is 17.8 Å². The summed E-state index contributed by atoms with van der Waals surface area (Å²) < 4.78 is 1.81. The third-order valence-electron chi connectivity index (χ3n) is 3.68. The third kappa shape index (κ3) is 3.97. The molecule has 0 bridgehead atoms. The molecule has 6 heteroatoms. The third-order valence-corrected chi connectivity index (χ3v) is 3.68. The van der Waals surface area contributed by atoms with Gasteiger partial charge in [-0.05, 0) is 19.4 Å². The molecular weight excluding hydrogens is 292 g/mol. The lowest BCUT2D eigenvalue weighted by atomic mass is 10.1. The van der Waals surface area contributed by atoms with Crippen LogP contribution >= 0.6 is 0 Å². The zero-order chi connectivity index (χ0) is 17.0. The molecule has 0 aliphatic heterocycles. The highest BCUT2D eigenvalue weighted by molar-refractivity contribution is 5.98. The minimum absolute atomic E-state index is 0.0193. The van der Waals surface area contributed by atoms with Crippen LogP contribution in [-0.4, -0.2) is 47.1 Å². The first kappa shape index (κ1) is 16.7. The van der Waals surface area contributed by atoms with Crippen molar-refractivity contribution >= 4 is 11.8 Å². The number of nitrogens with zero attached hydrogens (tertiary/aromatic N) is 3. The Kier molecular flexibility index (Phi) is 5.16. The Hall–Kier alpha value is -2.63. The summed E-state index contributed by atoms with van der Waals surface area (Å²) in [6, 6.07) is 9.95. The van der Waals surface area contributed by atoms with Crippen molar-refractivity contribution in [1.29, 1.82) is 0 Å². The van der Waals surface area contributed by atoms with Crippen LogP contribution in [0.15, 0.2) is 30.3 Å². The van der Waals surface area contributed by atoms with Gasteiger partial charge in [-0.3, -0.25) is 14.3 Å². The Bertz CT molecular complexity index is 705. The van der Waals surface area contributed by atoms with Gasteiger partial charge in [0, 0.05) is 19.8 Å². The van der Waals surface area contributed by atoms with Crippen molar-refractivity contribution in [2.24, 2.45) is 0 Å². The van der Waals surface area contributed by atoms with E-state index in [9.17, 15) is 9.59 Å². The maximum absolute atomic E-state index is 12.3. The lowest BCUT2D eigenvalue weighted by molar-refractivity contribution is -0.127. The molecule has 0 unspecified atom stereocenters. The van der Waals surface area contributed by atoms with E-state index in [1.54, 1.807) is 21.0 Å². The normalized spacial score (nSPS) is 10.4. The van der Waals surface area contributed by atoms with Crippen LogP contribution in [0.25, 0.3) is 0 Å². The topological polar surface area (TPSA) is 67.2 Å². The van der Waals surface area contributed by atoms with Crippen molar-refractivity contribution in [2.75, 3.05) is 20.6 Å². The zero-order valence-electron chi connectivity index (χ0n) is 14.0. The molecule has 0 aliphatic carbocycles. The van der Waals surface area contributed by atoms with Gasteiger partial charge in [0.1, 0.15) is 0 Å². The van der Waals surface area contributed by atoms with Gasteiger partial charge in [0.15, 0.2) is 0 Å². The van der Waals surface area contributed by atoms with Gasteiger partial charge in [0.2, 0.25) is 5.91 Å². The molecule has 0 saturated carbocycles. The number of hydrogen-bond donors (Lipinski definition) is 1. The largest absolute Gasteiger partial charge is 0.347 e. The number of nitrogens with one attached hydrogen (secondary N) is 1. The monoisotopic (exact) mass is 314 g/mol. The van der Waals surface area contributed by atoms with Crippen LogP contribution in [0.2, 0.25) is 0 Å². The number of rotatable bonds is 5. The number of aryl methyl sites for hydroxylation is 1. The molecule has 1 N–H and O–H groups in total. The van der Waals surface area contributed by atoms with Gasteiger partial charge in [-0.25, -0.2) is 0 Å². The summed E-state index contributed by atoms with van der Waals surface area (Å²) in [5.74, 6) is -0.417. The lowest BCUT2D eigenvalue weighted by Gasteiger charge is -2.11. The van der Waals surface area contributed by atoms with Gasteiger partial charge in [0.25, 0.3) is 5.91 Å². The molecule has 0 fully saturated rings. The van der Waals surface area contributed by atoms with E-state index in [-0.39, 0.29) is 18.4 Å². The van der Waals surface area contributed by atoms with E-state index in [1.807, 2.05) is 41.9 Å². The molecule has 0 saturated heterocycles. The van der Waals surface area contributed by atoms with Gasteiger partial charge in [-0.15, -0.1) is 0 Å². The molecule has 1 heterocycles. The second kappa shape index (κ2) is 7.09. The molecule has 0 radical (unpaired) electrons. The molecule has 2 rings (SSSR count). The first-order valence-corrected chi connectivity index (χ1v) is 7.46. The lowest BCUT2D eigenvalue weighted by Crippen LogP contribution is -2.36. The van der Waals surface area contributed by atoms with Crippen LogP contribution < -0.4 is 5.32 Å². The smallest absolute Gasteiger partial charge is 0.255 e. The predicted molar refractivity (Wildman–Crippen MR) is 88.3 cm³/mol. The van der Waals surface area contributed by atoms with Gasteiger partial charge in [-0.2, -0.15) is 5.10 Å². The van der Waals surface area contributed by atoms with Gasteiger partial charge >= 0.3 is 0 Å². The maximum Gasteiger partial charge on any atom is 0.255 e. The summed E-state index contributed by atoms with van der Waals surface area (Å²) in [4.78, 5) is 25.4. The van der Waals surface area contributed by atoms with E-state index in [1.165, 1.54) is 4.90 Å². The van der Waals surface area contributed by atoms with Crippen LogP contribution in [0, 0.1) is 13.8 Å². The molecule has 2 aromatic rings. The van der Waals surface area contributed by atoms with Crippen molar-refractivity contribution < 1.29 is 9.59 Å². The Morgan fingerprint density at radius 1 is 1.17 bits per heavy atom. The van der Waals surface area contributed by atoms with Crippen molar-refractivity contribution in [3.63, 3.8) is 0 Å². The SMILES string of the molecule is Cc1nn(Cc2ccccc2)c(C)c1C(=O)NCC(=O)N(C)C. The first-order chi connectivity index (χ1) is 10.9. The number of aromatic nitrogens is 2. The molecule has 0 aliphatic rings. The summed E-state index contributed by atoms with van der Waals surface area (Å²) in [5, 5.41) is 7.10. The highest BCUT2D eigenvalue weighted by atomic mass is 16.2. The highest BCUT2D eigenvalue weighted by Crippen LogP contribution is 2.14. The fourth-order valence-electron chi connectivity index (χ4n) is 2.34. The maximum atomic E-state index is 12.3. The van der Waals surface area contributed by atoms with E-state index >= 15 is 0 Å². The molecule has 0 spiro atoms. The second-order valence-corrected chi connectivity index (χ2v) is 5.66. The summed E-state index contributed by atoms with van der Waals surface area (Å²) in [6.07, 6.45) is 0. The minimum Gasteiger partial charge on any atom is -0.347 e. The Labute approximate surface area is 136 Å². The summed E-state index contributed by atoms with van der Waals surface area (Å²) >= 11 is 0. The molecular formula is C17H22N4O2. The molecule has 23 heavy (non-hydrogen) atoms. The second-order valence-electron chi connectivity index (χ2n) is 5.66. The molecule has 1 aromatic heterocycles. The number of amides is 2. The van der Waals surface area contributed by atoms with E-state index in [4.69, 9.17) is 0 Å². The molecule has 1 aromatic carbocycles. The summed E-state index contributed by atoms with van der Waals surface area (Å²) in [7, 11) is 3.31. The van der Waals surface area contributed by atoms with Crippen LogP contribution in [0.4, 0.5) is 0 Å². The van der Waals surface area contributed by atoms with Crippen LogP contribution in [0.5, 0.6) is 0 Å². The summed E-state index contributed by atoms with van der Waals surface area (Å²) in [5.41, 5.74) is 3.11. The number of carbonyl (C=O) groups excluding carboxylic acids is 2. The van der Waals surface area contributed by atoms with Crippen molar-refractivity contribution in [2.45, 2.75) is 20.4 Å². The average Bonchev–Trinajstić information content (AvgIpc) is 2.79. The minimum atomic E-state index is -0.269. The van der Waals surface area contributed by atoms with Crippen molar-refractivity contribution in [1.82, 2.24) is 20.0 Å². The summed E-state index contributed by atoms with van der Waals surface area (Å²) in [6.45, 7) is 4.26. The van der Waals surface area contributed by atoms with Gasteiger partial charge in [0.05, 0.1) is 24.3 Å². The van der Waals surface area contributed by atoms with Crippen LogP contribution in [0.1, 0.15) is 27.3 Å². The number of benzene rings is 1. The highest BCUT2D eigenvalue weighted by Gasteiger charge is 2.19. The fourth-order valence-corrected chi connectivity index (χ4v) is 2.34. The van der Waals surface area contributed by atoms with E-state index in [0.717, 1.165) is 11.3 Å². The molecule has 2 amide bonds. The van der Waals surface area contributed by atoms with E-state index in [2.05, 4.69) is 10.4 Å². The van der Waals surface area contributed by atoms with Crippen molar-refractivity contribution in [3.8, 4) is 0 Å². The van der Waals surface area contributed by atoms with Gasteiger partial charge < -0.3 is 10.2 Å². The standard InChI is InChI=1S/C17H22N4O2/c1-12-16(17(23)18-10-15(22)20(3)4)13(2)21(19-12)11-14-8-6-5-7-9-14/h5-9H,10-11H2,1-4H3,(H,18,23). The predicted octanol–water partition coefficient (Wildman–Crippen LogP) is 1.37.